The molecule has 40 heavy (non-hydrogen) atoms. The zero-order chi connectivity index (χ0) is 28.4. The molecule has 0 unspecified atom stereocenters. The summed E-state index contributed by atoms with van der Waals surface area (Å²) in [6.07, 6.45) is 1.40. The fourth-order valence-electron chi connectivity index (χ4n) is 4.22. The predicted octanol–water partition coefficient (Wildman–Crippen LogP) is 8.96. The van der Waals surface area contributed by atoms with Gasteiger partial charge in [0.2, 0.25) is 0 Å². The number of benzene rings is 4. The Labute approximate surface area is 256 Å². The largest absolute Gasteiger partial charge is 0.421 e. The minimum Gasteiger partial charge on any atom is -0.421 e. The number of H-pyrrole nitrogens is 1. The highest BCUT2D eigenvalue weighted by atomic mass is 79.9. The Morgan fingerprint density at radius 3 is 2.50 bits per heavy atom. The van der Waals surface area contributed by atoms with Crippen LogP contribution in [0.4, 0.5) is 0 Å². The lowest BCUT2D eigenvalue weighted by Gasteiger charge is -2.11. The van der Waals surface area contributed by atoms with E-state index in [9.17, 15) is 9.59 Å². The van der Waals surface area contributed by atoms with Gasteiger partial charge in [0.25, 0.3) is 5.91 Å². The molecule has 10 heteroatoms. The Bertz CT molecular complexity index is 1800. The molecule has 0 fully saturated rings. The average Bonchev–Trinajstić information content (AvgIpc) is 3.30. The Morgan fingerprint density at radius 2 is 1.75 bits per heavy atom. The van der Waals surface area contributed by atoms with Gasteiger partial charge in [-0.15, -0.1) is 0 Å². The van der Waals surface area contributed by atoms with Gasteiger partial charge in [-0.1, -0.05) is 87.2 Å². The van der Waals surface area contributed by atoms with Crippen molar-refractivity contribution in [1.82, 2.24) is 10.4 Å². The number of nitrogens with one attached hydrogen (secondary N) is 2. The van der Waals surface area contributed by atoms with Crippen molar-refractivity contribution in [2.24, 2.45) is 5.10 Å². The second-order valence-electron chi connectivity index (χ2n) is 8.82. The highest BCUT2D eigenvalue weighted by Gasteiger charge is 2.21. The first-order chi connectivity index (χ1) is 19.2. The second kappa shape index (κ2) is 12.0. The Hall–Kier alpha value is -3.43. The van der Waals surface area contributed by atoms with E-state index in [-0.39, 0.29) is 11.4 Å². The molecule has 0 saturated heterocycles. The lowest BCUT2D eigenvalue weighted by molar-refractivity contribution is 0.0732. The number of rotatable bonds is 6. The van der Waals surface area contributed by atoms with Gasteiger partial charge in [-0.25, -0.2) is 10.2 Å². The van der Waals surface area contributed by atoms with Crippen molar-refractivity contribution in [3.63, 3.8) is 0 Å². The number of hydrogen-bond donors (Lipinski definition) is 2. The average molecular weight is 700 g/mol. The molecule has 4 aromatic carbocycles. The van der Waals surface area contributed by atoms with Gasteiger partial charge >= 0.3 is 5.97 Å². The fraction of sp³-hybridized carbons (Fsp3) is 0.0333. The first-order valence-corrected chi connectivity index (χ1v) is 14.2. The number of amides is 1. The van der Waals surface area contributed by atoms with E-state index in [2.05, 4.69) is 47.4 Å². The molecule has 0 radical (unpaired) electrons. The maximum atomic E-state index is 13.4. The molecule has 0 atom stereocenters. The summed E-state index contributed by atoms with van der Waals surface area (Å²) in [5.41, 5.74) is 6.67. The van der Waals surface area contributed by atoms with E-state index in [1.807, 2.05) is 43.3 Å². The maximum Gasteiger partial charge on any atom is 0.343 e. The number of nitrogens with zero attached hydrogens (tertiary/aromatic N) is 1. The third kappa shape index (κ3) is 6.00. The van der Waals surface area contributed by atoms with E-state index in [0.717, 1.165) is 15.6 Å². The van der Waals surface area contributed by atoms with Crippen LogP contribution in [0.3, 0.4) is 0 Å². The molecular formula is C30H19Br2Cl2N3O3. The van der Waals surface area contributed by atoms with Gasteiger partial charge < -0.3 is 9.72 Å². The zero-order valence-electron chi connectivity index (χ0n) is 20.8. The molecule has 5 rings (SSSR count). The molecule has 1 aromatic heterocycles. The summed E-state index contributed by atoms with van der Waals surface area (Å²) < 4.78 is 6.96. The monoisotopic (exact) mass is 697 g/mol. The molecule has 0 aliphatic rings. The van der Waals surface area contributed by atoms with E-state index in [4.69, 9.17) is 27.9 Å². The van der Waals surface area contributed by atoms with E-state index in [0.29, 0.717) is 42.1 Å². The molecule has 6 nitrogen and oxygen atoms in total. The number of fused-ring (bicyclic) bond motifs is 1. The number of aryl methyl sites for hydroxylation is 1. The summed E-state index contributed by atoms with van der Waals surface area (Å²) >= 11 is 19.6. The first kappa shape index (κ1) is 28.1. The lowest BCUT2D eigenvalue weighted by Crippen LogP contribution is -2.19. The predicted molar refractivity (Wildman–Crippen MR) is 167 cm³/mol. The quantitative estimate of drug-likeness (QED) is 0.0804. The van der Waals surface area contributed by atoms with Crippen LogP contribution in [0.1, 0.15) is 32.0 Å². The summed E-state index contributed by atoms with van der Waals surface area (Å²) in [4.78, 5) is 29.3. The first-order valence-electron chi connectivity index (χ1n) is 11.9. The van der Waals surface area contributed by atoms with E-state index in [1.54, 1.807) is 42.5 Å². The SMILES string of the molecule is Cc1cccc(C(=O)Oc2c(Br)cc(Br)cc2C=NNC(=O)c2[nH]c3c(Cl)cc(Cl)cc3c2-c2ccccc2)c1. The number of ether oxygens (including phenoxy) is 1. The molecule has 0 aliphatic heterocycles. The molecular weight excluding hydrogens is 681 g/mol. The van der Waals surface area contributed by atoms with Crippen LogP contribution < -0.4 is 10.2 Å². The topological polar surface area (TPSA) is 83.5 Å². The van der Waals surface area contributed by atoms with Gasteiger partial charge in [0.15, 0.2) is 5.75 Å². The van der Waals surface area contributed by atoms with E-state index >= 15 is 0 Å². The number of carbonyl (C=O) groups is 2. The van der Waals surface area contributed by atoms with Crippen LogP contribution in [0.5, 0.6) is 5.75 Å². The molecule has 2 N–H and O–H groups in total. The molecule has 0 saturated carbocycles. The number of esters is 1. The van der Waals surface area contributed by atoms with Crippen LogP contribution in [0, 0.1) is 6.92 Å². The van der Waals surface area contributed by atoms with Crippen molar-refractivity contribution in [1.29, 1.82) is 0 Å². The third-order valence-electron chi connectivity index (χ3n) is 5.97. The smallest absolute Gasteiger partial charge is 0.343 e. The molecule has 5 aromatic rings. The van der Waals surface area contributed by atoms with Gasteiger partial charge in [0.05, 0.1) is 26.8 Å². The minimum atomic E-state index is -0.522. The third-order valence-corrected chi connectivity index (χ3v) is 7.53. The minimum absolute atomic E-state index is 0.254. The van der Waals surface area contributed by atoms with Gasteiger partial charge in [-0.2, -0.15) is 5.10 Å². The van der Waals surface area contributed by atoms with Gasteiger partial charge in [0, 0.05) is 26.0 Å². The van der Waals surface area contributed by atoms with Crippen LogP contribution in [-0.2, 0) is 0 Å². The highest BCUT2D eigenvalue weighted by molar-refractivity contribution is 9.11. The van der Waals surface area contributed by atoms with Crippen LogP contribution >= 0.6 is 55.1 Å². The number of aromatic nitrogens is 1. The summed E-state index contributed by atoms with van der Waals surface area (Å²) in [6.45, 7) is 1.89. The lowest BCUT2D eigenvalue weighted by atomic mass is 10.0. The maximum absolute atomic E-state index is 13.4. The van der Waals surface area contributed by atoms with Crippen LogP contribution in [0.2, 0.25) is 10.0 Å². The van der Waals surface area contributed by atoms with Gasteiger partial charge in [0.1, 0.15) is 5.69 Å². The number of hydrogen-bond acceptors (Lipinski definition) is 4. The number of halogens is 4. The molecule has 1 heterocycles. The van der Waals surface area contributed by atoms with Crippen LogP contribution in [0.25, 0.3) is 22.0 Å². The van der Waals surface area contributed by atoms with E-state index in [1.165, 1.54) is 6.21 Å². The van der Waals surface area contributed by atoms with Crippen molar-refractivity contribution < 1.29 is 14.3 Å². The van der Waals surface area contributed by atoms with Crippen molar-refractivity contribution in [3.05, 3.63) is 120 Å². The fourth-order valence-corrected chi connectivity index (χ4v) is 6.10. The summed E-state index contributed by atoms with van der Waals surface area (Å²) in [6, 6.07) is 23.4. The van der Waals surface area contributed by atoms with Crippen molar-refractivity contribution >= 4 is 84.1 Å². The summed E-state index contributed by atoms with van der Waals surface area (Å²) in [5, 5.41) is 5.71. The number of carbonyl (C=O) groups excluding carboxylic acids is 2. The van der Waals surface area contributed by atoms with Crippen molar-refractivity contribution in [2.45, 2.75) is 6.92 Å². The molecule has 1 amide bonds. The van der Waals surface area contributed by atoms with E-state index < -0.39 is 11.9 Å². The molecule has 200 valence electrons. The van der Waals surface area contributed by atoms with Crippen molar-refractivity contribution in [2.75, 3.05) is 0 Å². The molecule has 0 bridgehead atoms. The van der Waals surface area contributed by atoms with Crippen LogP contribution in [0.15, 0.2) is 92.9 Å². The zero-order valence-corrected chi connectivity index (χ0v) is 25.5. The Kier molecular flexibility index (Phi) is 8.42. The summed E-state index contributed by atoms with van der Waals surface area (Å²) in [7, 11) is 0. The van der Waals surface area contributed by atoms with Gasteiger partial charge in [-0.3, -0.25) is 4.79 Å². The van der Waals surface area contributed by atoms with Crippen LogP contribution in [-0.4, -0.2) is 23.1 Å². The van der Waals surface area contributed by atoms with Crippen molar-refractivity contribution in [3.8, 4) is 16.9 Å². The normalized spacial score (nSPS) is 11.2. The Morgan fingerprint density at radius 1 is 0.975 bits per heavy atom. The number of aromatic amines is 1. The van der Waals surface area contributed by atoms with Gasteiger partial charge in [-0.05, 0) is 64.8 Å². The second-order valence-corrected chi connectivity index (χ2v) is 11.4. The Balaban J connectivity index is 1.46. The summed E-state index contributed by atoms with van der Waals surface area (Å²) in [5.74, 6) is -0.762. The molecule has 0 spiro atoms. The number of hydrazone groups is 1. The highest BCUT2D eigenvalue weighted by Crippen LogP contribution is 2.38. The standard InChI is InChI=1S/C30H19Br2Cl2N3O3/c1-16-6-5-9-18(10-16)30(39)40-28-19(11-20(31)12-23(28)32)15-35-37-29(38)27-25(17-7-3-2-4-8-17)22-13-21(33)14-24(34)26(22)36-27/h2-15,36H,1H3,(H,37,38). The molecule has 0 aliphatic carbocycles.